The maximum absolute atomic E-state index is 12.8. The van der Waals surface area contributed by atoms with Crippen molar-refractivity contribution >= 4 is 18.0 Å². The SMILES string of the molecule is O=C(/C=C/c1ccc(F)cc1)Oc1ccc2c(c1)C(=O)OC2. The Hall–Kier alpha value is -2.95. The third kappa shape index (κ3) is 3.03. The number of cyclic esters (lactones) is 1. The molecule has 0 saturated heterocycles. The maximum atomic E-state index is 12.8. The van der Waals surface area contributed by atoms with E-state index in [0.717, 1.165) is 5.56 Å². The smallest absolute Gasteiger partial charge is 0.339 e. The van der Waals surface area contributed by atoms with E-state index in [1.165, 1.54) is 30.4 Å². The van der Waals surface area contributed by atoms with Gasteiger partial charge in [-0.3, -0.25) is 0 Å². The minimum Gasteiger partial charge on any atom is -0.457 e. The fourth-order valence-corrected chi connectivity index (χ4v) is 2.04. The van der Waals surface area contributed by atoms with Crippen LogP contribution in [-0.4, -0.2) is 11.9 Å². The average molecular weight is 298 g/mol. The first-order valence-electron chi connectivity index (χ1n) is 6.57. The van der Waals surface area contributed by atoms with Crippen molar-refractivity contribution in [3.05, 3.63) is 71.0 Å². The van der Waals surface area contributed by atoms with Gasteiger partial charge >= 0.3 is 11.9 Å². The van der Waals surface area contributed by atoms with Gasteiger partial charge in [0.05, 0.1) is 5.56 Å². The highest BCUT2D eigenvalue weighted by Gasteiger charge is 2.21. The van der Waals surface area contributed by atoms with E-state index in [9.17, 15) is 14.0 Å². The van der Waals surface area contributed by atoms with Crippen LogP contribution in [0.15, 0.2) is 48.5 Å². The van der Waals surface area contributed by atoms with Gasteiger partial charge in [0, 0.05) is 11.6 Å². The molecule has 1 heterocycles. The molecular weight excluding hydrogens is 287 g/mol. The number of fused-ring (bicyclic) bond motifs is 1. The van der Waals surface area contributed by atoms with E-state index < -0.39 is 11.9 Å². The highest BCUT2D eigenvalue weighted by Crippen LogP contribution is 2.24. The second kappa shape index (κ2) is 5.81. The first-order chi connectivity index (χ1) is 10.6. The largest absolute Gasteiger partial charge is 0.457 e. The Morgan fingerprint density at radius 1 is 1.18 bits per heavy atom. The lowest BCUT2D eigenvalue weighted by Crippen LogP contribution is -2.04. The molecule has 0 unspecified atom stereocenters. The fraction of sp³-hybridized carbons (Fsp3) is 0.0588. The summed E-state index contributed by atoms with van der Waals surface area (Å²) in [7, 11) is 0. The lowest BCUT2D eigenvalue weighted by Gasteiger charge is -2.02. The first-order valence-corrected chi connectivity index (χ1v) is 6.57. The van der Waals surface area contributed by atoms with E-state index in [-0.39, 0.29) is 18.2 Å². The summed E-state index contributed by atoms with van der Waals surface area (Å²) in [6, 6.07) is 10.5. The zero-order chi connectivity index (χ0) is 15.5. The molecule has 0 radical (unpaired) electrons. The number of hydrogen-bond acceptors (Lipinski definition) is 4. The van der Waals surface area contributed by atoms with Gasteiger partial charge in [-0.25, -0.2) is 14.0 Å². The van der Waals surface area contributed by atoms with Crippen molar-refractivity contribution < 1.29 is 23.5 Å². The van der Waals surface area contributed by atoms with Crippen LogP contribution in [0.4, 0.5) is 4.39 Å². The molecule has 3 rings (SSSR count). The predicted molar refractivity (Wildman–Crippen MR) is 76.6 cm³/mol. The van der Waals surface area contributed by atoms with Crippen LogP contribution < -0.4 is 4.74 Å². The molecule has 4 nitrogen and oxygen atoms in total. The van der Waals surface area contributed by atoms with Crippen LogP contribution in [0.25, 0.3) is 6.08 Å². The number of hydrogen-bond donors (Lipinski definition) is 0. The average Bonchev–Trinajstić information content (AvgIpc) is 2.88. The lowest BCUT2D eigenvalue weighted by molar-refractivity contribution is -0.128. The highest BCUT2D eigenvalue weighted by atomic mass is 19.1. The Balaban J connectivity index is 1.68. The van der Waals surface area contributed by atoms with Crippen molar-refractivity contribution in [2.24, 2.45) is 0 Å². The van der Waals surface area contributed by atoms with Gasteiger partial charge in [-0.15, -0.1) is 0 Å². The van der Waals surface area contributed by atoms with Crippen molar-refractivity contribution in [3.8, 4) is 5.75 Å². The number of halogens is 1. The maximum Gasteiger partial charge on any atom is 0.339 e. The Bertz CT molecular complexity index is 763. The summed E-state index contributed by atoms with van der Waals surface area (Å²) in [4.78, 5) is 23.2. The summed E-state index contributed by atoms with van der Waals surface area (Å²) in [5.74, 6) is -1.08. The van der Waals surface area contributed by atoms with Gasteiger partial charge in [-0.05, 0) is 35.9 Å². The first kappa shape index (κ1) is 14.0. The molecule has 22 heavy (non-hydrogen) atoms. The molecule has 1 aliphatic heterocycles. The van der Waals surface area contributed by atoms with Crippen molar-refractivity contribution in [2.45, 2.75) is 6.61 Å². The van der Waals surface area contributed by atoms with E-state index >= 15 is 0 Å². The number of esters is 2. The molecule has 2 aromatic rings. The zero-order valence-corrected chi connectivity index (χ0v) is 11.4. The fourth-order valence-electron chi connectivity index (χ4n) is 2.04. The van der Waals surface area contributed by atoms with E-state index in [1.54, 1.807) is 24.3 Å². The van der Waals surface area contributed by atoms with Gasteiger partial charge in [0.1, 0.15) is 18.2 Å². The van der Waals surface area contributed by atoms with Gasteiger partial charge in [-0.2, -0.15) is 0 Å². The Morgan fingerprint density at radius 2 is 1.95 bits per heavy atom. The molecule has 0 atom stereocenters. The summed E-state index contributed by atoms with van der Waals surface area (Å²) >= 11 is 0. The normalized spacial score (nSPS) is 13.0. The van der Waals surface area contributed by atoms with Crippen LogP contribution >= 0.6 is 0 Å². The third-order valence-corrected chi connectivity index (χ3v) is 3.16. The van der Waals surface area contributed by atoms with Crippen molar-refractivity contribution in [1.29, 1.82) is 0 Å². The number of rotatable bonds is 3. The van der Waals surface area contributed by atoms with Gasteiger partial charge in [-0.1, -0.05) is 18.2 Å². The molecule has 0 bridgehead atoms. The summed E-state index contributed by atoms with van der Waals surface area (Å²) in [6.45, 7) is 0.243. The quantitative estimate of drug-likeness (QED) is 0.496. The van der Waals surface area contributed by atoms with Gasteiger partial charge < -0.3 is 9.47 Å². The Kier molecular flexibility index (Phi) is 3.70. The van der Waals surface area contributed by atoms with E-state index in [4.69, 9.17) is 9.47 Å². The summed E-state index contributed by atoms with van der Waals surface area (Å²) in [5.41, 5.74) is 1.86. The van der Waals surface area contributed by atoms with Gasteiger partial charge in [0.25, 0.3) is 0 Å². The molecule has 5 heteroatoms. The minimum atomic E-state index is -0.587. The highest BCUT2D eigenvalue weighted by molar-refractivity contribution is 5.94. The summed E-state index contributed by atoms with van der Waals surface area (Å²) in [5, 5.41) is 0. The lowest BCUT2D eigenvalue weighted by atomic mass is 10.1. The van der Waals surface area contributed by atoms with Crippen molar-refractivity contribution in [3.63, 3.8) is 0 Å². The molecule has 0 aromatic heterocycles. The van der Waals surface area contributed by atoms with Crippen LogP contribution in [0, 0.1) is 5.82 Å². The number of carbonyl (C=O) groups excluding carboxylic acids is 2. The molecule has 0 spiro atoms. The standard InChI is InChI=1S/C17H11FO4/c18-13-5-1-11(2-6-13)3-8-16(19)22-14-7-4-12-10-21-17(20)15(12)9-14/h1-9H,10H2/b8-3+. The molecule has 110 valence electrons. The third-order valence-electron chi connectivity index (χ3n) is 3.16. The van der Waals surface area contributed by atoms with E-state index in [1.807, 2.05) is 0 Å². The second-order valence-corrected chi connectivity index (χ2v) is 4.70. The molecule has 0 N–H and O–H groups in total. The molecule has 1 aliphatic rings. The molecular formula is C17H11FO4. The molecule has 0 amide bonds. The van der Waals surface area contributed by atoms with Gasteiger partial charge in [0.15, 0.2) is 0 Å². The van der Waals surface area contributed by atoms with Crippen LogP contribution in [0.2, 0.25) is 0 Å². The Morgan fingerprint density at radius 3 is 2.73 bits per heavy atom. The van der Waals surface area contributed by atoms with Crippen LogP contribution in [0.1, 0.15) is 21.5 Å². The minimum absolute atomic E-state index is 0.243. The number of benzene rings is 2. The molecule has 0 aliphatic carbocycles. The Labute approximate surface area is 125 Å². The van der Waals surface area contributed by atoms with Crippen molar-refractivity contribution in [1.82, 2.24) is 0 Å². The zero-order valence-electron chi connectivity index (χ0n) is 11.4. The van der Waals surface area contributed by atoms with E-state index in [2.05, 4.69) is 0 Å². The topological polar surface area (TPSA) is 52.6 Å². The molecule has 0 saturated carbocycles. The monoisotopic (exact) mass is 298 g/mol. The second-order valence-electron chi connectivity index (χ2n) is 4.70. The molecule has 2 aromatic carbocycles. The number of ether oxygens (including phenoxy) is 2. The summed E-state index contributed by atoms with van der Waals surface area (Å²) < 4.78 is 22.8. The summed E-state index contributed by atoms with van der Waals surface area (Å²) in [6.07, 6.45) is 2.75. The van der Waals surface area contributed by atoms with Gasteiger partial charge in [0.2, 0.25) is 0 Å². The molecule has 0 fully saturated rings. The van der Waals surface area contributed by atoms with E-state index in [0.29, 0.717) is 11.1 Å². The predicted octanol–water partition coefficient (Wildman–Crippen LogP) is 3.11. The van der Waals surface area contributed by atoms with Crippen LogP contribution in [0.3, 0.4) is 0 Å². The van der Waals surface area contributed by atoms with Crippen molar-refractivity contribution in [2.75, 3.05) is 0 Å². The number of carbonyl (C=O) groups is 2. The van der Waals surface area contributed by atoms with Crippen LogP contribution in [0.5, 0.6) is 5.75 Å². The van der Waals surface area contributed by atoms with Crippen LogP contribution in [-0.2, 0) is 16.1 Å².